The van der Waals surface area contributed by atoms with E-state index in [1.54, 1.807) is 11.3 Å². The minimum Gasteiger partial charge on any atom is -0.357 e. The highest BCUT2D eigenvalue weighted by atomic mass is 127. The third-order valence-corrected chi connectivity index (χ3v) is 5.85. The normalized spacial score (nSPS) is 16.1. The lowest BCUT2D eigenvalue weighted by Crippen LogP contribution is -2.39. The summed E-state index contributed by atoms with van der Waals surface area (Å²) in [6, 6.07) is 7.98. The number of nitrogens with zero attached hydrogens (tertiary/aromatic N) is 2. The zero-order valence-electron chi connectivity index (χ0n) is 17.2. The molecular formula is C21H30IN5OS. The van der Waals surface area contributed by atoms with Crippen LogP contribution >= 0.6 is 35.3 Å². The third-order valence-electron chi connectivity index (χ3n) is 4.66. The first-order chi connectivity index (χ1) is 13.6. The van der Waals surface area contributed by atoms with Crippen LogP contribution in [0.3, 0.4) is 0 Å². The molecular weight excluding hydrogens is 497 g/mol. The number of carbonyl (C=O) groups is 1. The Morgan fingerprint density at radius 1 is 1.34 bits per heavy atom. The van der Waals surface area contributed by atoms with E-state index in [1.807, 2.05) is 18.2 Å². The first kappa shape index (κ1) is 23.6. The van der Waals surface area contributed by atoms with Crippen LogP contribution in [0.15, 0.2) is 34.6 Å². The standard InChI is InChI=1S/C21H29N5OS.HI/c1-4-22-21(23-10-9-16-13-28-20(25-16)14(2)3)24-12-15-11-19(27)26-18-8-6-5-7-17(15)18;/h5-8,13-15H,4,9-12H2,1-3H3,(H,26,27)(H2,22,23,24);1H. The fourth-order valence-electron chi connectivity index (χ4n) is 3.22. The van der Waals surface area contributed by atoms with Gasteiger partial charge in [0.25, 0.3) is 0 Å². The number of aromatic nitrogens is 1. The number of fused-ring (bicyclic) bond motifs is 1. The number of benzene rings is 1. The molecule has 1 unspecified atom stereocenters. The largest absolute Gasteiger partial charge is 0.357 e. The molecule has 0 radical (unpaired) electrons. The van der Waals surface area contributed by atoms with Gasteiger partial charge in [0.2, 0.25) is 5.91 Å². The second-order valence-electron chi connectivity index (χ2n) is 7.26. The van der Waals surface area contributed by atoms with Gasteiger partial charge in [0.05, 0.1) is 17.2 Å². The van der Waals surface area contributed by atoms with E-state index in [9.17, 15) is 4.79 Å². The summed E-state index contributed by atoms with van der Waals surface area (Å²) >= 11 is 1.73. The molecule has 0 bridgehead atoms. The van der Waals surface area contributed by atoms with Gasteiger partial charge in [-0.2, -0.15) is 0 Å². The zero-order valence-corrected chi connectivity index (χ0v) is 20.3. The molecule has 8 heteroatoms. The molecule has 6 nitrogen and oxygen atoms in total. The van der Waals surface area contributed by atoms with Gasteiger partial charge in [-0.15, -0.1) is 35.3 Å². The molecule has 2 aromatic rings. The summed E-state index contributed by atoms with van der Waals surface area (Å²) < 4.78 is 0. The predicted octanol–water partition coefficient (Wildman–Crippen LogP) is 4.11. The molecule has 1 aliphatic rings. The van der Waals surface area contributed by atoms with Gasteiger partial charge in [-0.1, -0.05) is 32.0 Å². The Morgan fingerprint density at radius 3 is 2.86 bits per heavy atom. The van der Waals surface area contributed by atoms with Crippen molar-refractivity contribution in [2.45, 2.75) is 45.4 Å². The van der Waals surface area contributed by atoms with E-state index in [4.69, 9.17) is 4.99 Å². The Bertz CT molecular complexity index is 836. The fraction of sp³-hybridized carbons (Fsp3) is 0.476. The molecule has 3 rings (SSSR count). The Kier molecular flexibility index (Phi) is 9.35. The van der Waals surface area contributed by atoms with Crippen LogP contribution in [0.1, 0.15) is 55.3 Å². The van der Waals surface area contributed by atoms with Gasteiger partial charge in [0.1, 0.15) is 0 Å². The zero-order chi connectivity index (χ0) is 19.9. The van der Waals surface area contributed by atoms with E-state index >= 15 is 0 Å². The topological polar surface area (TPSA) is 78.4 Å². The number of guanidine groups is 1. The average molecular weight is 527 g/mol. The highest BCUT2D eigenvalue weighted by Gasteiger charge is 2.24. The Labute approximate surface area is 194 Å². The Morgan fingerprint density at radius 2 is 2.14 bits per heavy atom. The molecule has 1 aromatic heterocycles. The number of hydrogen-bond donors (Lipinski definition) is 3. The molecule has 158 valence electrons. The van der Waals surface area contributed by atoms with Gasteiger partial charge in [-0.05, 0) is 18.6 Å². The van der Waals surface area contributed by atoms with Crippen molar-refractivity contribution in [1.82, 2.24) is 15.6 Å². The summed E-state index contributed by atoms with van der Waals surface area (Å²) in [7, 11) is 0. The number of halogens is 1. The number of carbonyl (C=O) groups excluding carboxylic acids is 1. The number of nitrogens with one attached hydrogen (secondary N) is 3. The molecule has 0 saturated heterocycles. The van der Waals surface area contributed by atoms with Gasteiger partial charge in [-0.25, -0.2) is 4.98 Å². The predicted molar refractivity (Wildman–Crippen MR) is 132 cm³/mol. The number of hydrogen-bond acceptors (Lipinski definition) is 4. The monoisotopic (exact) mass is 527 g/mol. The number of thiazole rings is 1. The molecule has 0 saturated carbocycles. The van der Waals surface area contributed by atoms with E-state index in [2.05, 4.69) is 53.2 Å². The van der Waals surface area contributed by atoms with Gasteiger partial charge in [-0.3, -0.25) is 9.79 Å². The molecule has 29 heavy (non-hydrogen) atoms. The van der Waals surface area contributed by atoms with E-state index in [-0.39, 0.29) is 35.8 Å². The molecule has 0 fully saturated rings. The minimum absolute atomic E-state index is 0. The van der Waals surface area contributed by atoms with Crippen LogP contribution in [0, 0.1) is 0 Å². The number of aliphatic imine (C=N–C) groups is 1. The average Bonchev–Trinajstić information content (AvgIpc) is 3.15. The molecule has 1 aromatic carbocycles. The molecule has 0 aliphatic carbocycles. The lowest BCUT2D eigenvalue weighted by atomic mass is 9.91. The first-order valence-electron chi connectivity index (χ1n) is 9.92. The van der Waals surface area contributed by atoms with Crippen LogP contribution < -0.4 is 16.0 Å². The van der Waals surface area contributed by atoms with Crippen molar-refractivity contribution in [3.63, 3.8) is 0 Å². The van der Waals surface area contributed by atoms with Crippen molar-refractivity contribution >= 4 is 52.9 Å². The quantitative estimate of drug-likeness (QED) is 0.288. The maximum absolute atomic E-state index is 12.0. The molecule has 3 N–H and O–H groups in total. The van der Waals surface area contributed by atoms with Crippen molar-refractivity contribution in [2.24, 2.45) is 4.99 Å². The van der Waals surface area contributed by atoms with E-state index < -0.39 is 0 Å². The van der Waals surface area contributed by atoms with Crippen LogP contribution in [-0.4, -0.2) is 36.5 Å². The summed E-state index contributed by atoms with van der Waals surface area (Å²) in [5.41, 5.74) is 3.18. The molecule has 2 heterocycles. The molecule has 1 atom stereocenters. The number of amides is 1. The maximum Gasteiger partial charge on any atom is 0.225 e. The number of anilines is 1. The smallest absolute Gasteiger partial charge is 0.225 e. The van der Waals surface area contributed by atoms with Crippen LogP contribution in [0.5, 0.6) is 0 Å². The summed E-state index contributed by atoms with van der Waals surface area (Å²) in [5.74, 6) is 1.42. The van der Waals surface area contributed by atoms with Crippen LogP contribution in [0.2, 0.25) is 0 Å². The van der Waals surface area contributed by atoms with Crippen molar-refractivity contribution in [1.29, 1.82) is 0 Å². The molecule has 0 spiro atoms. The van der Waals surface area contributed by atoms with Gasteiger partial charge in [0.15, 0.2) is 5.96 Å². The van der Waals surface area contributed by atoms with Crippen LogP contribution in [-0.2, 0) is 11.2 Å². The highest BCUT2D eigenvalue weighted by Crippen LogP contribution is 2.31. The number of rotatable bonds is 7. The van der Waals surface area contributed by atoms with Crippen molar-refractivity contribution < 1.29 is 4.79 Å². The van der Waals surface area contributed by atoms with Crippen LogP contribution in [0.25, 0.3) is 0 Å². The summed E-state index contributed by atoms with van der Waals surface area (Å²) in [5, 5.41) is 12.9. The fourth-order valence-corrected chi connectivity index (χ4v) is 4.09. The molecule has 1 aliphatic heterocycles. The molecule has 1 amide bonds. The second-order valence-corrected chi connectivity index (χ2v) is 8.15. The van der Waals surface area contributed by atoms with Gasteiger partial charge >= 0.3 is 0 Å². The van der Waals surface area contributed by atoms with Gasteiger partial charge in [0, 0.05) is 48.8 Å². The Balaban J connectivity index is 0.00000300. The number of para-hydroxylation sites is 1. The van der Waals surface area contributed by atoms with E-state index in [0.717, 1.165) is 42.4 Å². The minimum atomic E-state index is 0. The highest BCUT2D eigenvalue weighted by molar-refractivity contribution is 14.0. The summed E-state index contributed by atoms with van der Waals surface area (Å²) in [6.45, 7) is 8.53. The van der Waals surface area contributed by atoms with E-state index in [0.29, 0.717) is 18.9 Å². The summed E-state index contributed by atoms with van der Waals surface area (Å²) in [6.07, 6.45) is 1.33. The van der Waals surface area contributed by atoms with Crippen molar-refractivity contribution in [3.8, 4) is 0 Å². The SMILES string of the molecule is CCNC(=NCC1CC(=O)Nc2ccccc21)NCCc1csc(C(C)C)n1.I. The van der Waals surface area contributed by atoms with Crippen LogP contribution in [0.4, 0.5) is 5.69 Å². The second kappa shape index (κ2) is 11.5. The van der Waals surface area contributed by atoms with Crippen molar-refractivity contribution in [3.05, 3.63) is 45.9 Å². The van der Waals surface area contributed by atoms with Crippen molar-refractivity contribution in [2.75, 3.05) is 25.0 Å². The maximum atomic E-state index is 12.0. The van der Waals surface area contributed by atoms with E-state index in [1.165, 1.54) is 5.01 Å². The first-order valence-corrected chi connectivity index (χ1v) is 10.8. The summed E-state index contributed by atoms with van der Waals surface area (Å²) in [4.78, 5) is 21.4. The lowest BCUT2D eigenvalue weighted by molar-refractivity contribution is -0.116. The van der Waals surface area contributed by atoms with Gasteiger partial charge < -0.3 is 16.0 Å². The third kappa shape index (κ3) is 6.67. The lowest BCUT2D eigenvalue weighted by Gasteiger charge is -2.24. The Hall–Kier alpha value is -1.68.